The number of methoxy groups -OCH3 is 2. The van der Waals surface area contributed by atoms with Crippen LogP contribution in [0.25, 0.3) is 0 Å². The first kappa shape index (κ1) is 18.6. The lowest BCUT2D eigenvalue weighted by Crippen LogP contribution is -2.29. The molecule has 0 aliphatic carbocycles. The Labute approximate surface area is 147 Å². The van der Waals surface area contributed by atoms with Crippen LogP contribution in [0.4, 0.5) is 0 Å². The first-order valence-corrected chi connectivity index (χ1v) is 9.13. The maximum Gasteiger partial charge on any atom is 0.244 e. The van der Waals surface area contributed by atoms with Crippen LogP contribution in [0.15, 0.2) is 47.4 Å². The van der Waals surface area contributed by atoms with Crippen LogP contribution >= 0.6 is 11.6 Å². The summed E-state index contributed by atoms with van der Waals surface area (Å²) in [6, 6.07) is 12.0. The number of hydrogen-bond donors (Lipinski definition) is 0. The molecule has 0 saturated heterocycles. The summed E-state index contributed by atoms with van der Waals surface area (Å²) in [5, 5.41) is 0.218. The third-order valence-electron chi connectivity index (χ3n) is 3.69. The highest BCUT2D eigenvalue weighted by Gasteiger charge is 2.23. The van der Waals surface area contributed by atoms with Gasteiger partial charge in [-0.2, -0.15) is 0 Å². The summed E-state index contributed by atoms with van der Waals surface area (Å²) in [7, 11) is 1.05. The SMILES string of the molecule is COc1ccc(CCN(C)S(=O)(=O)c2ccccc2Cl)cc1OC. The molecular weight excluding hydrogens is 350 g/mol. The molecule has 0 saturated carbocycles. The fraction of sp³-hybridized carbons (Fsp3) is 0.294. The molecule has 0 aromatic heterocycles. The molecule has 2 aromatic rings. The number of nitrogens with zero attached hydrogens (tertiary/aromatic N) is 1. The molecule has 2 rings (SSSR count). The average molecular weight is 370 g/mol. The molecule has 0 unspecified atom stereocenters. The highest BCUT2D eigenvalue weighted by molar-refractivity contribution is 7.89. The van der Waals surface area contributed by atoms with E-state index >= 15 is 0 Å². The summed E-state index contributed by atoms with van der Waals surface area (Å²) in [6.07, 6.45) is 0.542. The van der Waals surface area contributed by atoms with Gasteiger partial charge >= 0.3 is 0 Å². The molecule has 0 fully saturated rings. The highest BCUT2D eigenvalue weighted by Crippen LogP contribution is 2.28. The van der Waals surface area contributed by atoms with Gasteiger partial charge in [0.05, 0.1) is 19.2 Å². The lowest BCUT2D eigenvalue weighted by molar-refractivity contribution is 0.354. The molecule has 0 heterocycles. The molecule has 0 bridgehead atoms. The first-order chi connectivity index (χ1) is 11.4. The maximum absolute atomic E-state index is 12.6. The number of benzene rings is 2. The van der Waals surface area contributed by atoms with Crippen LogP contribution in [0.5, 0.6) is 11.5 Å². The molecule has 0 radical (unpaired) electrons. The Bertz CT molecular complexity index is 808. The second-order valence-electron chi connectivity index (χ2n) is 5.20. The van der Waals surface area contributed by atoms with E-state index in [1.54, 1.807) is 45.5 Å². The topological polar surface area (TPSA) is 55.8 Å². The van der Waals surface area contributed by atoms with E-state index in [0.29, 0.717) is 24.5 Å². The van der Waals surface area contributed by atoms with Gasteiger partial charge in [0.25, 0.3) is 0 Å². The van der Waals surface area contributed by atoms with E-state index < -0.39 is 10.0 Å². The minimum absolute atomic E-state index is 0.112. The van der Waals surface area contributed by atoms with Crippen LogP contribution in [0.1, 0.15) is 5.56 Å². The Morgan fingerprint density at radius 2 is 1.71 bits per heavy atom. The Morgan fingerprint density at radius 3 is 2.33 bits per heavy atom. The quantitative estimate of drug-likeness (QED) is 0.752. The normalized spacial score (nSPS) is 11.5. The van der Waals surface area contributed by atoms with Crippen molar-refractivity contribution in [2.75, 3.05) is 27.8 Å². The highest BCUT2D eigenvalue weighted by atomic mass is 35.5. The summed E-state index contributed by atoms with van der Waals surface area (Å²) in [4.78, 5) is 0.112. The van der Waals surface area contributed by atoms with Gasteiger partial charge in [0.1, 0.15) is 4.90 Å². The predicted octanol–water partition coefficient (Wildman–Crippen LogP) is 3.22. The van der Waals surface area contributed by atoms with Crippen molar-refractivity contribution in [1.29, 1.82) is 0 Å². The molecule has 0 aliphatic rings. The molecular formula is C17H20ClNO4S. The summed E-state index contributed by atoms with van der Waals surface area (Å²) in [6.45, 7) is 0.322. The van der Waals surface area contributed by atoms with Crippen molar-refractivity contribution in [3.8, 4) is 11.5 Å². The molecule has 24 heavy (non-hydrogen) atoms. The Balaban J connectivity index is 2.13. The third kappa shape index (κ3) is 4.01. The minimum Gasteiger partial charge on any atom is -0.493 e. The van der Waals surface area contributed by atoms with Crippen molar-refractivity contribution in [2.24, 2.45) is 0 Å². The number of likely N-dealkylation sites (N-methyl/N-ethyl adjacent to an activating group) is 1. The third-order valence-corrected chi connectivity index (χ3v) is 6.04. The van der Waals surface area contributed by atoms with Crippen molar-refractivity contribution in [2.45, 2.75) is 11.3 Å². The fourth-order valence-corrected chi connectivity index (χ4v) is 3.93. The fourth-order valence-electron chi connectivity index (χ4n) is 2.26. The van der Waals surface area contributed by atoms with E-state index in [4.69, 9.17) is 21.1 Å². The second-order valence-corrected chi connectivity index (χ2v) is 7.62. The smallest absolute Gasteiger partial charge is 0.244 e. The average Bonchev–Trinajstić information content (AvgIpc) is 2.59. The zero-order chi connectivity index (χ0) is 17.7. The number of sulfonamides is 1. The van der Waals surface area contributed by atoms with Crippen molar-refractivity contribution < 1.29 is 17.9 Å². The van der Waals surface area contributed by atoms with E-state index in [1.165, 1.54) is 10.4 Å². The van der Waals surface area contributed by atoms with E-state index in [2.05, 4.69) is 0 Å². The van der Waals surface area contributed by atoms with Gasteiger partial charge in [0.2, 0.25) is 10.0 Å². The number of hydrogen-bond acceptors (Lipinski definition) is 4. The van der Waals surface area contributed by atoms with E-state index in [1.807, 2.05) is 12.1 Å². The van der Waals surface area contributed by atoms with Gasteiger partial charge in [-0.1, -0.05) is 29.8 Å². The molecule has 0 N–H and O–H groups in total. The Morgan fingerprint density at radius 1 is 1.04 bits per heavy atom. The Kier molecular flexibility index (Phi) is 6.10. The molecule has 0 aliphatic heterocycles. The molecule has 0 spiro atoms. The molecule has 2 aromatic carbocycles. The molecule has 130 valence electrons. The van der Waals surface area contributed by atoms with E-state index in [-0.39, 0.29) is 9.92 Å². The Hall–Kier alpha value is -1.76. The molecule has 0 atom stereocenters. The van der Waals surface area contributed by atoms with Crippen molar-refractivity contribution in [1.82, 2.24) is 4.31 Å². The van der Waals surface area contributed by atoms with Crippen molar-refractivity contribution in [3.05, 3.63) is 53.1 Å². The van der Waals surface area contributed by atoms with Crippen LogP contribution in [0.2, 0.25) is 5.02 Å². The predicted molar refractivity (Wildman–Crippen MR) is 94.5 cm³/mol. The molecule has 7 heteroatoms. The standard InChI is InChI=1S/C17H20ClNO4S/c1-19(24(20,21)17-7-5-4-6-14(17)18)11-10-13-8-9-15(22-2)16(12-13)23-3/h4-9,12H,10-11H2,1-3H3. The van der Waals surface area contributed by atoms with Crippen LogP contribution in [-0.2, 0) is 16.4 Å². The van der Waals surface area contributed by atoms with E-state index in [0.717, 1.165) is 5.56 Å². The van der Waals surface area contributed by atoms with Crippen LogP contribution in [0, 0.1) is 0 Å². The summed E-state index contributed by atoms with van der Waals surface area (Å²) in [5.41, 5.74) is 0.953. The summed E-state index contributed by atoms with van der Waals surface area (Å²) < 4.78 is 36.9. The number of halogens is 1. The summed E-state index contributed by atoms with van der Waals surface area (Å²) in [5.74, 6) is 1.25. The van der Waals surface area contributed by atoms with Crippen LogP contribution < -0.4 is 9.47 Å². The lowest BCUT2D eigenvalue weighted by atomic mass is 10.1. The monoisotopic (exact) mass is 369 g/mol. The van der Waals surface area contributed by atoms with E-state index in [9.17, 15) is 8.42 Å². The van der Waals surface area contributed by atoms with Gasteiger partial charge in [-0.05, 0) is 36.2 Å². The van der Waals surface area contributed by atoms with Gasteiger partial charge in [0, 0.05) is 13.6 Å². The minimum atomic E-state index is -3.62. The zero-order valence-electron chi connectivity index (χ0n) is 13.8. The molecule has 5 nitrogen and oxygen atoms in total. The molecule has 0 amide bonds. The van der Waals surface area contributed by atoms with Gasteiger partial charge in [-0.25, -0.2) is 12.7 Å². The van der Waals surface area contributed by atoms with Crippen LogP contribution in [0.3, 0.4) is 0 Å². The van der Waals surface area contributed by atoms with Gasteiger partial charge < -0.3 is 9.47 Å². The zero-order valence-corrected chi connectivity index (χ0v) is 15.4. The van der Waals surface area contributed by atoms with Crippen molar-refractivity contribution >= 4 is 21.6 Å². The van der Waals surface area contributed by atoms with Crippen LogP contribution in [-0.4, -0.2) is 40.5 Å². The summed E-state index contributed by atoms with van der Waals surface area (Å²) >= 11 is 6.01. The number of ether oxygens (including phenoxy) is 2. The lowest BCUT2D eigenvalue weighted by Gasteiger charge is -2.18. The largest absolute Gasteiger partial charge is 0.493 e. The first-order valence-electron chi connectivity index (χ1n) is 7.32. The van der Waals surface area contributed by atoms with Gasteiger partial charge in [-0.3, -0.25) is 0 Å². The van der Waals surface area contributed by atoms with Gasteiger partial charge in [0.15, 0.2) is 11.5 Å². The maximum atomic E-state index is 12.6. The number of rotatable bonds is 7. The van der Waals surface area contributed by atoms with Gasteiger partial charge in [-0.15, -0.1) is 0 Å². The second kappa shape index (κ2) is 7.88. The van der Waals surface area contributed by atoms with Crippen molar-refractivity contribution in [3.63, 3.8) is 0 Å².